The largest absolute Gasteiger partial charge is 0.409 e. The van der Waals surface area contributed by atoms with E-state index in [4.69, 9.17) is 16.6 Å². The maximum Gasteiger partial charge on any atom is 0.288 e. The lowest BCUT2D eigenvalue weighted by Crippen LogP contribution is -2.49. The van der Waals surface area contributed by atoms with Gasteiger partial charge in [0.15, 0.2) is 0 Å². The lowest BCUT2D eigenvalue weighted by atomic mass is 10.2. The van der Waals surface area contributed by atoms with E-state index in [1.54, 1.807) is 16.8 Å². The smallest absolute Gasteiger partial charge is 0.288 e. The first kappa shape index (κ1) is 16.4. The average Bonchev–Trinajstić information content (AvgIpc) is 3.40. The molecule has 25 heavy (non-hydrogen) atoms. The topological polar surface area (TPSA) is 54.5 Å². The van der Waals surface area contributed by atoms with E-state index < -0.39 is 0 Å². The van der Waals surface area contributed by atoms with Gasteiger partial charge in [-0.2, -0.15) is 0 Å². The van der Waals surface area contributed by atoms with Crippen LogP contribution >= 0.6 is 12.2 Å². The number of hydrogen-bond donors (Lipinski definition) is 0. The van der Waals surface area contributed by atoms with Gasteiger partial charge in [-0.25, -0.2) is 9.07 Å². The predicted octanol–water partition coefficient (Wildman–Crippen LogP) is 2.52. The second-order valence-corrected chi connectivity index (χ2v) is 6.89. The second-order valence-electron chi connectivity index (χ2n) is 6.54. The van der Waals surface area contributed by atoms with Crippen LogP contribution < -0.4 is 0 Å². The van der Waals surface area contributed by atoms with Crippen molar-refractivity contribution in [3.8, 4) is 11.5 Å². The lowest BCUT2D eigenvalue weighted by Gasteiger charge is -2.34. The summed E-state index contributed by atoms with van der Waals surface area (Å²) in [6.45, 7) is 3.59. The minimum absolute atomic E-state index is 0.272. The highest BCUT2D eigenvalue weighted by Gasteiger charge is 2.34. The van der Waals surface area contributed by atoms with Gasteiger partial charge < -0.3 is 9.32 Å². The van der Waals surface area contributed by atoms with Crippen LogP contribution in [-0.4, -0.2) is 51.7 Å². The molecular formula is C17H19FN4O2S. The zero-order valence-electron chi connectivity index (χ0n) is 13.7. The summed E-state index contributed by atoms with van der Waals surface area (Å²) in [7, 11) is 0. The molecule has 1 aromatic carbocycles. The number of carbonyl (C=O) groups excluding carboxylic acids is 1. The maximum atomic E-state index is 13.0. The Hall–Kier alpha value is -2.06. The fraction of sp³-hybridized carbons (Fsp3) is 0.471. The van der Waals surface area contributed by atoms with Crippen LogP contribution in [0.1, 0.15) is 12.8 Å². The number of nitrogens with zero attached hydrogens (tertiary/aromatic N) is 4. The molecule has 2 fully saturated rings. The van der Waals surface area contributed by atoms with Gasteiger partial charge in [-0.15, -0.1) is 5.10 Å². The first-order valence-electron chi connectivity index (χ1n) is 8.45. The minimum Gasteiger partial charge on any atom is -0.409 e. The fourth-order valence-corrected chi connectivity index (χ4v) is 3.17. The van der Waals surface area contributed by atoms with Gasteiger partial charge in [-0.3, -0.25) is 9.69 Å². The third kappa shape index (κ3) is 3.64. The molecule has 2 heterocycles. The van der Waals surface area contributed by atoms with Crippen LogP contribution in [0.3, 0.4) is 0 Å². The van der Waals surface area contributed by atoms with Crippen LogP contribution in [0.2, 0.25) is 0 Å². The zero-order chi connectivity index (χ0) is 17.4. The van der Waals surface area contributed by atoms with Crippen molar-refractivity contribution in [1.29, 1.82) is 0 Å². The summed E-state index contributed by atoms with van der Waals surface area (Å²) in [6.07, 6.45) is 2.08. The normalized spacial score (nSPS) is 18.5. The van der Waals surface area contributed by atoms with E-state index in [-0.39, 0.29) is 16.6 Å². The lowest BCUT2D eigenvalue weighted by molar-refractivity contribution is -0.134. The minimum atomic E-state index is -0.305. The molecule has 1 aromatic heterocycles. The highest BCUT2D eigenvalue weighted by atomic mass is 32.1. The predicted molar refractivity (Wildman–Crippen MR) is 91.6 cm³/mol. The molecule has 1 aliphatic heterocycles. The Bertz CT molecular complexity index is 820. The van der Waals surface area contributed by atoms with Crippen molar-refractivity contribution in [2.45, 2.75) is 19.5 Å². The van der Waals surface area contributed by atoms with E-state index in [0.29, 0.717) is 24.0 Å². The van der Waals surface area contributed by atoms with Crippen LogP contribution in [-0.2, 0) is 11.5 Å². The SMILES string of the molecule is O=C(C1CC1)N1CCN(Cn2nc(-c3ccc(F)cc3)oc2=S)CC1. The van der Waals surface area contributed by atoms with Gasteiger partial charge in [-0.05, 0) is 49.3 Å². The van der Waals surface area contributed by atoms with E-state index >= 15 is 0 Å². The number of halogens is 1. The average molecular weight is 362 g/mol. The van der Waals surface area contributed by atoms with Crippen LogP contribution in [0.15, 0.2) is 28.7 Å². The van der Waals surface area contributed by atoms with Crippen molar-refractivity contribution in [1.82, 2.24) is 19.6 Å². The highest BCUT2D eigenvalue weighted by molar-refractivity contribution is 7.71. The highest BCUT2D eigenvalue weighted by Crippen LogP contribution is 2.31. The van der Waals surface area contributed by atoms with Crippen molar-refractivity contribution >= 4 is 18.1 Å². The second kappa shape index (κ2) is 6.68. The van der Waals surface area contributed by atoms with E-state index in [2.05, 4.69) is 10.00 Å². The summed E-state index contributed by atoms with van der Waals surface area (Å²) in [6, 6.07) is 5.96. The number of piperazine rings is 1. The van der Waals surface area contributed by atoms with Crippen molar-refractivity contribution in [2.24, 2.45) is 5.92 Å². The Morgan fingerprint density at radius 3 is 2.52 bits per heavy atom. The van der Waals surface area contributed by atoms with Gasteiger partial charge in [0.1, 0.15) is 5.82 Å². The van der Waals surface area contributed by atoms with Crippen molar-refractivity contribution in [3.05, 3.63) is 34.9 Å². The molecule has 1 aliphatic carbocycles. The Labute approximate surface area is 149 Å². The van der Waals surface area contributed by atoms with Gasteiger partial charge in [0.2, 0.25) is 11.8 Å². The Morgan fingerprint density at radius 1 is 1.20 bits per heavy atom. The zero-order valence-corrected chi connectivity index (χ0v) is 14.5. The first-order valence-corrected chi connectivity index (χ1v) is 8.86. The van der Waals surface area contributed by atoms with Gasteiger partial charge in [0.25, 0.3) is 4.84 Å². The van der Waals surface area contributed by atoms with E-state index in [1.807, 2.05) is 4.90 Å². The number of benzene rings is 1. The maximum absolute atomic E-state index is 13.0. The molecule has 2 aliphatic rings. The Morgan fingerprint density at radius 2 is 1.88 bits per heavy atom. The summed E-state index contributed by atoms with van der Waals surface area (Å²) in [4.78, 5) is 16.5. The number of aromatic nitrogens is 2. The van der Waals surface area contributed by atoms with E-state index in [0.717, 1.165) is 39.0 Å². The molecule has 0 radical (unpaired) electrons. The summed E-state index contributed by atoms with van der Waals surface area (Å²) in [5.41, 5.74) is 0.686. The van der Waals surface area contributed by atoms with Gasteiger partial charge in [0, 0.05) is 37.7 Å². The van der Waals surface area contributed by atoms with Gasteiger partial charge >= 0.3 is 0 Å². The summed E-state index contributed by atoms with van der Waals surface area (Å²) in [5, 5.41) is 4.40. The third-order valence-electron chi connectivity index (χ3n) is 4.64. The number of carbonyl (C=O) groups is 1. The van der Waals surface area contributed by atoms with Crippen LogP contribution in [0.5, 0.6) is 0 Å². The van der Waals surface area contributed by atoms with Gasteiger partial charge in [-0.1, -0.05) is 0 Å². The molecule has 1 saturated carbocycles. The number of hydrogen-bond acceptors (Lipinski definition) is 5. The molecule has 6 nitrogen and oxygen atoms in total. The molecule has 1 saturated heterocycles. The molecule has 132 valence electrons. The molecule has 0 spiro atoms. The van der Waals surface area contributed by atoms with E-state index in [9.17, 15) is 9.18 Å². The van der Waals surface area contributed by atoms with Gasteiger partial charge in [0.05, 0.1) is 6.67 Å². The molecule has 4 rings (SSSR count). The Kier molecular flexibility index (Phi) is 4.39. The molecule has 0 N–H and O–H groups in total. The molecule has 0 atom stereocenters. The molecule has 0 bridgehead atoms. The Balaban J connectivity index is 1.39. The molecule has 8 heteroatoms. The standard InChI is InChI=1S/C17H19FN4O2S/c18-14-5-3-12(4-6-14)15-19-22(17(25)24-15)11-20-7-9-21(10-8-20)16(23)13-1-2-13/h3-6,13H,1-2,7-11H2. The van der Waals surface area contributed by atoms with E-state index in [1.165, 1.54) is 12.1 Å². The molecular weight excluding hydrogens is 343 g/mol. The van der Waals surface area contributed by atoms with Crippen LogP contribution in [0.25, 0.3) is 11.5 Å². The first-order chi connectivity index (χ1) is 12.1. The monoisotopic (exact) mass is 362 g/mol. The summed E-state index contributed by atoms with van der Waals surface area (Å²) >= 11 is 5.24. The van der Waals surface area contributed by atoms with Crippen molar-refractivity contribution in [2.75, 3.05) is 26.2 Å². The van der Waals surface area contributed by atoms with Crippen molar-refractivity contribution in [3.63, 3.8) is 0 Å². The van der Waals surface area contributed by atoms with Crippen LogP contribution in [0, 0.1) is 16.6 Å². The number of rotatable bonds is 4. The molecule has 2 aromatic rings. The molecule has 1 amide bonds. The summed E-state index contributed by atoms with van der Waals surface area (Å²) < 4.78 is 20.2. The quantitative estimate of drug-likeness (QED) is 0.783. The third-order valence-corrected chi connectivity index (χ3v) is 4.94. The summed E-state index contributed by atoms with van der Waals surface area (Å²) in [5.74, 6) is 0.651. The number of amides is 1. The van der Waals surface area contributed by atoms with Crippen molar-refractivity contribution < 1.29 is 13.6 Å². The molecule has 0 unspecified atom stereocenters. The fourth-order valence-electron chi connectivity index (χ4n) is 2.99. The van der Waals surface area contributed by atoms with Crippen LogP contribution in [0.4, 0.5) is 4.39 Å².